The number of anilines is 2. The lowest BCUT2D eigenvalue weighted by atomic mass is 9.98. The molecule has 4 aromatic rings. The van der Waals surface area contributed by atoms with Gasteiger partial charge in [0.2, 0.25) is 27.7 Å². The molecule has 1 N–H and O–H groups in total. The smallest absolute Gasteiger partial charge is 0.310 e. The van der Waals surface area contributed by atoms with Gasteiger partial charge in [-0.1, -0.05) is 6.07 Å². The minimum absolute atomic E-state index is 0.0526. The van der Waals surface area contributed by atoms with Crippen LogP contribution in [0.5, 0.6) is 11.5 Å². The third-order valence-corrected chi connectivity index (χ3v) is 8.31. The molecule has 14 nitrogen and oxygen atoms in total. The highest BCUT2D eigenvalue weighted by molar-refractivity contribution is 7.93. The van der Waals surface area contributed by atoms with Gasteiger partial charge in [-0.15, -0.1) is 10.2 Å². The molecule has 0 unspecified atom stereocenters. The summed E-state index contributed by atoms with van der Waals surface area (Å²) < 4.78 is 67.2. The van der Waals surface area contributed by atoms with E-state index in [1.54, 1.807) is 37.3 Å². The number of piperidine rings is 1. The Labute approximate surface area is 240 Å². The Morgan fingerprint density at radius 2 is 1.81 bits per heavy atom. The van der Waals surface area contributed by atoms with Crippen LogP contribution in [0.1, 0.15) is 13.3 Å². The molecule has 0 radical (unpaired) electrons. The number of para-hydroxylation sites is 1. The fraction of sp³-hybridized carbons (Fsp3) is 0.346. The van der Waals surface area contributed by atoms with E-state index >= 15 is 0 Å². The molecule has 2 atom stereocenters. The quantitative estimate of drug-likeness (QED) is 0.265. The fourth-order valence-corrected chi connectivity index (χ4v) is 6.15. The van der Waals surface area contributed by atoms with Gasteiger partial charge in [-0.2, -0.15) is 0 Å². The normalized spacial score (nSPS) is 17.1. The number of methoxy groups -OCH3 is 2. The van der Waals surface area contributed by atoms with Gasteiger partial charge in [-0.3, -0.25) is 14.1 Å². The maximum Gasteiger partial charge on any atom is 0.310 e. The van der Waals surface area contributed by atoms with E-state index in [0.717, 1.165) is 12.4 Å². The van der Waals surface area contributed by atoms with Crippen molar-refractivity contribution in [2.24, 2.45) is 5.92 Å². The topological polar surface area (TPSA) is 164 Å². The predicted molar refractivity (Wildman–Crippen MR) is 147 cm³/mol. The maximum absolute atomic E-state index is 13.9. The Balaban J connectivity index is 1.55. The van der Waals surface area contributed by atoms with E-state index in [0.29, 0.717) is 22.9 Å². The third kappa shape index (κ3) is 5.70. The average Bonchev–Trinajstić information content (AvgIpc) is 3.67. The van der Waals surface area contributed by atoms with Gasteiger partial charge >= 0.3 is 5.97 Å². The number of esters is 1. The number of carbonyl (C=O) groups is 1. The summed E-state index contributed by atoms with van der Waals surface area (Å²) in [5.74, 6) is -0.951. The lowest BCUT2D eigenvalue weighted by Gasteiger charge is -2.36. The first-order valence-corrected chi connectivity index (χ1v) is 14.4. The predicted octanol–water partition coefficient (Wildman–Crippen LogP) is 2.67. The molecule has 4 heterocycles. The molecule has 0 bridgehead atoms. The number of aromatic nitrogens is 5. The second kappa shape index (κ2) is 12.0. The monoisotopic (exact) mass is 601 g/mol. The van der Waals surface area contributed by atoms with Gasteiger partial charge in [-0.25, -0.2) is 22.8 Å². The first-order valence-electron chi connectivity index (χ1n) is 12.9. The zero-order valence-corrected chi connectivity index (χ0v) is 23.7. The molecule has 42 heavy (non-hydrogen) atoms. The van der Waals surface area contributed by atoms with E-state index < -0.39 is 33.0 Å². The van der Waals surface area contributed by atoms with E-state index in [2.05, 4.69) is 24.9 Å². The zero-order valence-electron chi connectivity index (χ0n) is 22.9. The summed E-state index contributed by atoms with van der Waals surface area (Å²) >= 11 is 0. The summed E-state index contributed by atoms with van der Waals surface area (Å²) in [5.41, 5.74) is 0.325. The van der Waals surface area contributed by atoms with E-state index in [4.69, 9.17) is 18.6 Å². The maximum atomic E-state index is 13.9. The zero-order chi connectivity index (χ0) is 29.9. The number of hydrogen-bond donors (Lipinski definition) is 1. The summed E-state index contributed by atoms with van der Waals surface area (Å²) in [4.78, 5) is 22.2. The number of nitrogens with zero attached hydrogens (tertiary/aromatic N) is 6. The molecular weight excluding hydrogens is 573 g/mol. The number of nitrogens with one attached hydrogen (secondary N) is 1. The second-order valence-corrected chi connectivity index (χ2v) is 11.2. The van der Waals surface area contributed by atoms with Crippen molar-refractivity contribution in [3.63, 3.8) is 0 Å². The Morgan fingerprint density at radius 3 is 2.43 bits per heavy atom. The van der Waals surface area contributed by atoms with Crippen LogP contribution in [0, 0.1) is 11.7 Å². The SMILES string of the molecule is CCOC(=O)[C@H]1C[C@@H](S(=O)(=O)Nc2nnc(-c3ccco3)n2-c2c(OC)cccc2OC)CN(c2ncc(F)cn2)C1. The van der Waals surface area contributed by atoms with Crippen LogP contribution >= 0.6 is 0 Å². The van der Waals surface area contributed by atoms with Crippen molar-refractivity contribution < 1.29 is 36.2 Å². The van der Waals surface area contributed by atoms with Crippen molar-refractivity contribution in [3.8, 4) is 28.8 Å². The van der Waals surface area contributed by atoms with Crippen molar-refractivity contribution in [3.05, 3.63) is 54.8 Å². The molecule has 0 saturated carbocycles. The first-order chi connectivity index (χ1) is 20.2. The highest BCUT2D eigenvalue weighted by Gasteiger charge is 2.41. The number of benzene rings is 1. The lowest BCUT2D eigenvalue weighted by molar-refractivity contribution is -0.148. The van der Waals surface area contributed by atoms with Crippen molar-refractivity contribution in [2.75, 3.05) is 43.5 Å². The Morgan fingerprint density at radius 1 is 1.10 bits per heavy atom. The van der Waals surface area contributed by atoms with Crippen LogP contribution in [-0.2, 0) is 19.6 Å². The molecule has 3 aromatic heterocycles. The number of ether oxygens (including phenoxy) is 3. The first kappa shape index (κ1) is 28.8. The molecule has 1 fully saturated rings. The van der Waals surface area contributed by atoms with Gasteiger partial charge in [0.05, 0.1) is 50.7 Å². The van der Waals surface area contributed by atoms with Crippen molar-refractivity contribution in [1.82, 2.24) is 24.7 Å². The summed E-state index contributed by atoms with van der Waals surface area (Å²) in [5, 5.41) is 7.18. The van der Waals surface area contributed by atoms with Crippen molar-refractivity contribution in [1.29, 1.82) is 0 Å². The van der Waals surface area contributed by atoms with Crippen LogP contribution in [-0.4, -0.2) is 78.3 Å². The van der Waals surface area contributed by atoms with Crippen LogP contribution in [0.15, 0.2) is 53.4 Å². The molecule has 5 rings (SSSR count). The number of rotatable bonds is 10. The Bertz CT molecular complexity index is 1620. The summed E-state index contributed by atoms with van der Waals surface area (Å²) in [6, 6.07) is 8.36. The highest BCUT2D eigenvalue weighted by Crippen LogP contribution is 2.38. The molecule has 1 saturated heterocycles. The van der Waals surface area contributed by atoms with Gasteiger partial charge in [0.25, 0.3) is 0 Å². The van der Waals surface area contributed by atoms with Crippen LogP contribution in [0.2, 0.25) is 0 Å². The van der Waals surface area contributed by atoms with Gasteiger partial charge in [-0.05, 0) is 37.6 Å². The highest BCUT2D eigenvalue weighted by atomic mass is 32.2. The molecule has 0 amide bonds. The fourth-order valence-electron chi connectivity index (χ4n) is 4.73. The number of carbonyl (C=O) groups excluding carboxylic acids is 1. The molecular formula is C26H28FN7O7S. The number of hydrogen-bond acceptors (Lipinski definition) is 12. The van der Waals surface area contributed by atoms with Crippen molar-refractivity contribution >= 4 is 27.9 Å². The van der Waals surface area contributed by atoms with Gasteiger partial charge in [0, 0.05) is 13.1 Å². The Kier molecular flexibility index (Phi) is 8.24. The number of halogens is 1. The van der Waals surface area contributed by atoms with Crippen molar-refractivity contribution in [2.45, 2.75) is 18.6 Å². The van der Waals surface area contributed by atoms with Gasteiger partial charge in [0.15, 0.2) is 11.6 Å². The van der Waals surface area contributed by atoms with Crippen LogP contribution < -0.4 is 19.1 Å². The third-order valence-electron chi connectivity index (χ3n) is 6.62. The van der Waals surface area contributed by atoms with Crippen LogP contribution in [0.3, 0.4) is 0 Å². The molecule has 0 aliphatic carbocycles. The largest absolute Gasteiger partial charge is 0.494 e. The van der Waals surface area contributed by atoms with Crippen LogP contribution in [0.4, 0.5) is 16.3 Å². The second-order valence-electron chi connectivity index (χ2n) is 9.23. The van der Waals surface area contributed by atoms with Crippen LogP contribution in [0.25, 0.3) is 17.3 Å². The molecule has 222 valence electrons. The number of furan rings is 1. The minimum atomic E-state index is -4.26. The van der Waals surface area contributed by atoms with E-state index in [9.17, 15) is 17.6 Å². The van der Waals surface area contributed by atoms with E-state index in [-0.39, 0.29) is 43.8 Å². The molecule has 16 heteroatoms. The van der Waals surface area contributed by atoms with Gasteiger partial charge < -0.3 is 23.5 Å². The van der Waals surface area contributed by atoms with E-state index in [1.165, 1.54) is 29.9 Å². The molecule has 1 aromatic carbocycles. The average molecular weight is 602 g/mol. The molecule has 0 spiro atoms. The number of sulfonamides is 1. The summed E-state index contributed by atoms with van der Waals surface area (Å²) in [7, 11) is -1.33. The molecule has 1 aliphatic rings. The summed E-state index contributed by atoms with van der Waals surface area (Å²) in [6.45, 7) is 1.78. The standard InChI is InChI=1S/C26H28FN7O7S/c1-4-40-24(35)16-11-18(15-33(14-16)25-28-12-17(27)13-29-25)42(36,37)32-26-31-30-23(21-9-6-10-41-21)34(26)22-19(38-2)7-5-8-20(22)39-3/h5-10,12-13,16,18H,4,11,14-15H2,1-3H3,(H,31,32)/t16-,18+/m0/s1. The van der Waals surface area contributed by atoms with E-state index in [1.807, 2.05) is 0 Å². The molecule has 1 aliphatic heterocycles. The summed E-state index contributed by atoms with van der Waals surface area (Å²) in [6.07, 6.45) is 3.33. The van der Waals surface area contributed by atoms with Gasteiger partial charge in [0.1, 0.15) is 17.2 Å². The lowest BCUT2D eigenvalue weighted by Crippen LogP contribution is -2.50. The minimum Gasteiger partial charge on any atom is -0.494 e. The Hall–Kier alpha value is -4.73.